The van der Waals surface area contributed by atoms with E-state index in [-0.39, 0.29) is 0 Å². The number of nitrogens with zero attached hydrogens (tertiary/aromatic N) is 3. The summed E-state index contributed by atoms with van der Waals surface area (Å²) in [4.78, 5) is 4.88. The molecule has 0 atom stereocenters. The molecule has 1 heterocycles. The molecule has 3 nitrogen and oxygen atoms in total. The summed E-state index contributed by atoms with van der Waals surface area (Å²) in [6.07, 6.45) is 0.651. The van der Waals surface area contributed by atoms with Gasteiger partial charge in [0.1, 0.15) is 0 Å². The second-order valence-electron chi connectivity index (χ2n) is 5.01. The van der Waals surface area contributed by atoms with E-state index in [0.717, 1.165) is 39.3 Å². The van der Waals surface area contributed by atoms with Crippen molar-refractivity contribution in [3.8, 4) is 6.07 Å². The zero-order valence-corrected chi connectivity index (χ0v) is 11.1. The minimum atomic E-state index is 0.651. The van der Waals surface area contributed by atoms with Crippen molar-refractivity contribution < 1.29 is 0 Å². The lowest BCUT2D eigenvalue weighted by atomic mass is 10.1. The first-order chi connectivity index (χ1) is 8.78. The number of hydrogen-bond acceptors (Lipinski definition) is 3. The van der Waals surface area contributed by atoms with Crippen LogP contribution >= 0.6 is 0 Å². The van der Waals surface area contributed by atoms with Gasteiger partial charge in [-0.05, 0) is 12.5 Å². The summed E-state index contributed by atoms with van der Waals surface area (Å²) in [6, 6.07) is 11.0. The first-order valence-electron chi connectivity index (χ1n) is 6.65. The van der Waals surface area contributed by atoms with Gasteiger partial charge >= 0.3 is 0 Å². The molecule has 0 amide bonds. The van der Waals surface area contributed by atoms with Gasteiger partial charge in [-0.25, -0.2) is 0 Å². The molecule has 0 unspecified atom stereocenters. The van der Waals surface area contributed by atoms with Crippen LogP contribution in [0.3, 0.4) is 0 Å². The minimum absolute atomic E-state index is 0.651. The lowest BCUT2D eigenvalue weighted by Gasteiger charge is -2.34. The second kappa shape index (κ2) is 6.53. The highest BCUT2D eigenvalue weighted by Crippen LogP contribution is 2.09. The maximum Gasteiger partial charge on any atom is 0.0635 e. The number of benzene rings is 1. The molecule has 0 aromatic heterocycles. The van der Waals surface area contributed by atoms with E-state index >= 15 is 0 Å². The van der Waals surface area contributed by atoms with Crippen LogP contribution in [0.4, 0.5) is 0 Å². The van der Waals surface area contributed by atoms with Crippen LogP contribution in [0.15, 0.2) is 24.3 Å². The molecule has 1 aliphatic rings. The molecule has 18 heavy (non-hydrogen) atoms. The molecule has 0 bridgehead atoms. The number of piperazine rings is 1. The van der Waals surface area contributed by atoms with Crippen molar-refractivity contribution in [2.75, 3.05) is 32.7 Å². The molecule has 0 aliphatic carbocycles. The average Bonchev–Trinajstić information content (AvgIpc) is 2.41. The fraction of sp³-hybridized carbons (Fsp3) is 0.533. The van der Waals surface area contributed by atoms with Crippen molar-refractivity contribution >= 4 is 0 Å². The standard InChI is InChI=1S/C15H21N3/c1-14-3-5-15(6-4-14)13-18-11-9-17(10-12-18)8-2-7-16/h3-6H,2,8-13H2,1H3. The molecule has 1 aliphatic heterocycles. The van der Waals surface area contributed by atoms with Gasteiger partial charge in [-0.1, -0.05) is 29.8 Å². The summed E-state index contributed by atoms with van der Waals surface area (Å²) in [5.41, 5.74) is 2.71. The SMILES string of the molecule is Cc1ccc(CN2CCN(CCC#N)CC2)cc1. The molecule has 1 fully saturated rings. The molecular weight excluding hydrogens is 222 g/mol. The smallest absolute Gasteiger partial charge is 0.0635 e. The van der Waals surface area contributed by atoms with E-state index in [0.29, 0.717) is 6.42 Å². The predicted molar refractivity (Wildman–Crippen MR) is 73.1 cm³/mol. The van der Waals surface area contributed by atoms with Crippen molar-refractivity contribution in [1.29, 1.82) is 5.26 Å². The van der Waals surface area contributed by atoms with E-state index in [1.807, 2.05) is 0 Å². The topological polar surface area (TPSA) is 30.3 Å². The summed E-state index contributed by atoms with van der Waals surface area (Å²) in [5, 5.41) is 8.58. The average molecular weight is 243 g/mol. The van der Waals surface area contributed by atoms with Crippen LogP contribution in [-0.4, -0.2) is 42.5 Å². The van der Waals surface area contributed by atoms with Gasteiger partial charge in [0.05, 0.1) is 6.07 Å². The van der Waals surface area contributed by atoms with E-state index in [9.17, 15) is 0 Å². The largest absolute Gasteiger partial charge is 0.300 e. The summed E-state index contributed by atoms with van der Waals surface area (Å²) >= 11 is 0. The number of hydrogen-bond donors (Lipinski definition) is 0. The Morgan fingerprint density at radius 3 is 2.28 bits per heavy atom. The first kappa shape index (κ1) is 13.1. The Balaban J connectivity index is 1.76. The summed E-state index contributed by atoms with van der Waals surface area (Å²) in [5.74, 6) is 0. The molecule has 96 valence electrons. The van der Waals surface area contributed by atoms with E-state index in [4.69, 9.17) is 5.26 Å². The minimum Gasteiger partial charge on any atom is -0.300 e. The summed E-state index contributed by atoms with van der Waals surface area (Å²) in [6.45, 7) is 8.50. The Labute approximate surface area is 110 Å². The molecule has 0 radical (unpaired) electrons. The lowest BCUT2D eigenvalue weighted by Crippen LogP contribution is -2.46. The van der Waals surface area contributed by atoms with Crippen molar-refractivity contribution in [1.82, 2.24) is 9.80 Å². The molecular formula is C15H21N3. The highest BCUT2D eigenvalue weighted by atomic mass is 15.3. The Morgan fingerprint density at radius 1 is 1.06 bits per heavy atom. The van der Waals surface area contributed by atoms with Gasteiger partial charge in [-0.3, -0.25) is 9.80 Å². The third kappa shape index (κ3) is 3.83. The first-order valence-corrected chi connectivity index (χ1v) is 6.65. The van der Waals surface area contributed by atoms with Gasteiger partial charge in [0.2, 0.25) is 0 Å². The van der Waals surface area contributed by atoms with Crippen molar-refractivity contribution in [2.45, 2.75) is 19.9 Å². The van der Waals surface area contributed by atoms with Gasteiger partial charge in [-0.15, -0.1) is 0 Å². The second-order valence-corrected chi connectivity index (χ2v) is 5.01. The third-order valence-electron chi connectivity index (χ3n) is 3.53. The van der Waals surface area contributed by atoms with Crippen molar-refractivity contribution in [3.63, 3.8) is 0 Å². The summed E-state index contributed by atoms with van der Waals surface area (Å²) in [7, 11) is 0. The highest BCUT2D eigenvalue weighted by molar-refractivity contribution is 5.21. The van der Waals surface area contributed by atoms with Crippen LogP contribution in [0.5, 0.6) is 0 Å². The third-order valence-corrected chi connectivity index (χ3v) is 3.53. The summed E-state index contributed by atoms with van der Waals surface area (Å²) < 4.78 is 0. The van der Waals surface area contributed by atoms with E-state index in [1.165, 1.54) is 11.1 Å². The Kier molecular flexibility index (Phi) is 4.74. The Morgan fingerprint density at radius 2 is 1.67 bits per heavy atom. The Bertz CT molecular complexity index is 397. The lowest BCUT2D eigenvalue weighted by molar-refractivity contribution is 0.129. The van der Waals surface area contributed by atoms with Crippen LogP contribution in [0.1, 0.15) is 17.5 Å². The maximum absolute atomic E-state index is 8.58. The van der Waals surface area contributed by atoms with Gasteiger partial charge in [0.15, 0.2) is 0 Å². The zero-order chi connectivity index (χ0) is 12.8. The van der Waals surface area contributed by atoms with Gasteiger partial charge < -0.3 is 0 Å². The number of rotatable bonds is 4. The molecule has 1 aromatic carbocycles. The van der Waals surface area contributed by atoms with E-state index in [1.54, 1.807) is 0 Å². The quantitative estimate of drug-likeness (QED) is 0.810. The highest BCUT2D eigenvalue weighted by Gasteiger charge is 2.16. The zero-order valence-electron chi connectivity index (χ0n) is 11.1. The van der Waals surface area contributed by atoms with Gasteiger partial charge in [-0.2, -0.15) is 5.26 Å². The fourth-order valence-corrected chi connectivity index (χ4v) is 2.33. The molecule has 0 N–H and O–H groups in total. The van der Waals surface area contributed by atoms with Crippen LogP contribution in [0.2, 0.25) is 0 Å². The number of nitriles is 1. The van der Waals surface area contributed by atoms with Crippen LogP contribution in [0.25, 0.3) is 0 Å². The van der Waals surface area contributed by atoms with Crippen LogP contribution in [0, 0.1) is 18.3 Å². The maximum atomic E-state index is 8.58. The van der Waals surface area contributed by atoms with E-state index in [2.05, 4.69) is 47.1 Å². The molecule has 2 rings (SSSR count). The van der Waals surface area contributed by atoms with Gasteiger partial charge in [0, 0.05) is 45.7 Å². The predicted octanol–water partition coefficient (Wildman–Crippen LogP) is 2.03. The van der Waals surface area contributed by atoms with E-state index < -0.39 is 0 Å². The molecule has 0 saturated carbocycles. The Hall–Kier alpha value is -1.37. The monoisotopic (exact) mass is 243 g/mol. The van der Waals surface area contributed by atoms with Gasteiger partial charge in [0.25, 0.3) is 0 Å². The molecule has 3 heteroatoms. The molecule has 0 spiro atoms. The van der Waals surface area contributed by atoms with Crippen LogP contribution < -0.4 is 0 Å². The molecule has 1 saturated heterocycles. The fourth-order valence-electron chi connectivity index (χ4n) is 2.33. The molecule has 1 aromatic rings. The van der Waals surface area contributed by atoms with Crippen molar-refractivity contribution in [3.05, 3.63) is 35.4 Å². The van der Waals surface area contributed by atoms with Crippen LogP contribution in [-0.2, 0) is 6.54 Å². The van der Waals surface area contributed by atoms with Crippen molar-refractivity contribution in [2.24, 2.45) is 0 Å². The normalized spacial score (nSPS) is 17.6. The number of aryl methyl sites for hydroxylation is 1.